The van der Waals surface area contributed by atoms with E-state index < -0.39 is 0 Å². The van der Waals surface area contributed by atoms with Crippen LogP contribution in [0.3, 0.4) is 0 Å². The summed E-state index contributed by atoms with van der Waals surface area (Å²) in [5, 5.41) is 6.35. The Balaban J connectivity index is 1.61. The molecule has 3 rings (SSSR count). The highest BCUT2D eigenvalue weighted by molar-refractivity contribution is 5.94. The lowest BCUT2D eigenvalue weighted by atomic mass is 10.0. The van der Waals surface area contributed by atoms with Crippen LogP contribution in [-0.4, -0.2) is 37.6 Å². The van der Waals surface area contributed by atoms with Crippen molar-refractivity contribution in [3.8, 4) is 11.1 Å². The van der Waals surface area contributed by atoms with Gasteiger partial charge in [0.15, 0.2) is 0 Å². The van der Waals surface area contributed by atoms with Gasteiger partial charge in [-0.15, -0.1) is 0 Å². The number of hydrogen-bond acceptors (Lipinski definition) is 4. The number of carbonyl (C=O) groups is 2. The van der Waals surface area contributed by atoms with Crippen molar-refractivity contribution < 1.29 is 14.3 Å². The number of hydrogen-bond donors (Lipinski definition) is 2. The SMILES string of the molecule is CCOC(=O)c1ccc(-c2ccc(C(=O)NC[C@@H]3CCCN3)cc2)cc1. The van der Waals surface area contributed by atoms with Crippen molar-refractivity contribution in [2.45, 2.75) is 25.8 Å². The van der Waals surface area contributed by atoms with Crippen LogP contribution < -0.4 is 10.6 Å². The molecule has 2 N–H and O–H groups in total. The summed E-state index contributed by atoms with van der Waals surface area (Å²) in [5.41, 5.74) is 3.16. The Hall–Kier alpha value is -2.66. The van der Waals surface area contributed by atoms with Gasteiger partial charge >= 0.3 is 5.97 Å². The minimum absolute atomic E-state index is 0.0529. The number of ether oxygens (including phenoxy) is 1. The van der Waals surface area contributed by atoms with Crippen LogP contribution in [0.5, 0.6) is 0 Å². The lowest BCUT2D eigenvalue weighted by molar-refractivity contribution is 0.0526. The first-order valence-corrected chi connectivity index (χ1v) is 9.06. The molecule has 1 fully saturated rings. The van der Waals surface area contributed by atoms with Crippen LogP contribution in [0.4, 0.5) is 0 Å². The molecule has 1 atom stereocenters. The second kappa shape index (κ2) is 8.63. The zero-order chi connectivity index (χ0) is 18.4. The number of nitrogens with one attached hydrogen (secondary N) is 2. The maximum Gasteiger partial charge on any atom is 0.338 e. The predicted molar refractivity (Wildman–Crippen MR) is 101 cm³/mol. The molecular weight excluding hydrogens is 328 g/mol. The minimum Gasteiger partial charge on any atom is -0.462 e. The van der Waals surface area contributed by atoms with Gasteiger partial charge in [0.25, 0.3) is 5.91 Å². The summed E-state index contributed by atoms with van der Waals surface area (Å²) >= 11 is 0. The van der Waals surface area contributed by atoms with Crippen molar-refractivity contribution in [3.05, 3.63) is 59.7 Å². The third kappa shape index (κ3) is 4.49. The van der Waals surface area contributed by atoms with E-state index in [9.17, 15) is 9.59 Å². The third-order valence-electron chi connectivity index (χ3n) is 4.55. The van der Waals surface area contributed by atoms with E-state index in [-0.39, 0.29) is 11.9 Å². The topological polar surface area (TPSA) is 67.4 Å². The quantitative estimate of drug-likeness (QED) is 0.784. The fourth-order valence-corrected chi connectivity index (χ4v) is 3.08. The Labute approximate surface area is 153 Å². The Morgan fingerprint density at radius 3 is 2.19 bits per heavy atom. The molecule has 0 bridgehead atoms. The smallest absolute Gasteiger partial charge is 0.338 e. The van der Waals surface area contributed by atoms with E-state index in [0.29, 0.717) is 30.3 Å². The molecule has 5 nitrogen and oxygen atoms in total. The van der Waals surface area contributed by atoms with E-state index in [1.54, 1.807) is 19.1 Å². The molecule has 2 aromatic carbocycles. The summed E-state index contributed by atoms with van der Waals surface area (Å²) < 4.78 is 4.99. The van der Waals surface area contributed by atoms with Crippen LogP contribution in [-0.2, 0) is 4.74 Å². The number of rotatable bonds is 6. The summed E-state index contributed by atoms with van der Waals surface area (Å²) in [5.74, 6) is -0.370. The molecule has 2 aromatic rings. The molecule has 0 unspecified atom stereocenters. The first-order chi connectivity index (χ1) is 12.7. The summed E-state index contributed by atoms with van der Waals surface area (Å²) in [6.07, 6.45) is 2.28. The number of amides is 1. The highest BCUT2D eigenvalue weighted by atomic mass is 16.5. The highest BCUT2D eigenvalue weighted by Gasteiger charge is 2.15. The molecule has 0 spiro atoms. The van der Waals surface area contributed by atoms with E-state index in [1.807, 2.05) is 36.4 Å². The van der Waals surface area contributed by atoms with Crippen molar-refractivity contribution in [3.63, 3.8) is 0 Å². The molecule has 1 aliphatic heterocycles. The molecule has 0 aromatic heterocycles. The number of benzene rings is 2. The van der Waals surface area contributed by atoms with Crippen LogP contribution >= 0.6 is 0 Å². The van der Waals surface area contributed by atoms with Gasteiger partial charge in [0.2, 0.25) is 0 Å². The van der Waals surface area contributed by atoms with E-state index in [2.05, 4.69) is 10.6 Å². The van der Waals surface area contributed by atoms with Crippen molar-refractivity contribution in [2.24, 2.45) is 0 Å². The normalized spacial score (nSPS) is 16.3. The van der Waals surface area contributed by atoms with Gasteiger partial charge in [-0.05, 0) is 61.7 Å². The van der Waals surface area contributed by atoms with Crippen LogP contribution in [0.1, 0.15) is 40.5 Å². The van der Waals surface area contributed by atoms with Crippen LogP contribution in [0.25, 0.3) is 11.1 Å². The maximum absolute atomic E-state index is 12.2. The first kappa shape index (κ1) is 18.1. The standard InChI is InChI=1S/C21H24N2O3/c1-2-26-21(25)18-11-7-16(8-12-18)15-5-9-17(10-6-15)20(24)23-14-19-4-3-13-22-19/h5-12,19,22H,2-4,13-14H2,1H3,(H,23,24)/t19-/m0/s1. The Kier molecular flexibility index (Phi) is 6.02. The monoisotopic (exact) mass is 352 g/mol. The number of carbonyl (C=O) groups excluding carboxylic acids is 2. The fourth-order valence-electron chi connectivity index (χ4n) is 3.08. The number of esters is 1. The molecule has 0 saturated carbocycles. The van der Waals surface area contributed by atoms with Gasteiger partial charge in [0, 0.05) is 18.2 Å². The summed E-state index contributed by atoms with van der Waals surface area (Å²) in [6, 6.07) is 15.1. The fraction of sp³-hybridized carbons (Fsp3) is 0.333. The van der Waals surface area contributed by atoms with Gasteiger partial charge in [0.05, 0.1) is 12.2 Å². The zero-order valence-corrected chi connectivity index (χ0v) is 15.0. The molecule has 5 heteroatoms. The van der Waals surface area contributed by atoms with Crippen molar-refractivity contribution in [2.75, 3.05) is 19.7 Å². The van der Waals surface area contributed by atoms with E-state index in [0.717, 1.165) is 24.1 Å². The molecule has 1 aliphatic rings. The van der Waals surface area contributed by atoms with Gasteiger partial charge in [-0.25, -0.2) is 4.79 Å². The van der Waals surface area contributed by atoms with E-state index in [1.165, 1.54) is 6.42 Å². The third-order valence-corrected chi connectivity index (χ3v) is 4.55. The van der Waals surface area contributed by atoms with Gasteiger partial charge in [-0.2, -0.15) is 0 Å². The van der Waals surface area contributed by atoms with Crippen LogP contribution in [0, 0.1) is 0 Å². The lowest BCUT2D eigenvalue weighted by Gasteiger charge is -2.11. The van der Waals surface area contributed by atoms with Crippen molar-refractivity contribution in [1.29, 1.82) is 0 Å². The molecule has 26 heavy (non-hydrogen) atoms. The second-order valence-corrected chi connectivity index (χ2v) is 6.38. The molecule has 0 aliphatic carbocycles. The second-order valence-electron chi connectivity index (χ2n) is 6.38. The average molecular weight is 352 g/mol. The average Bonchev–Trinajstić information content (AvgIpc) is 3.20. The summed E-state index contributed by atoms with van der Waals surface area (Å²) in [7, 11) is 0. The molecule has 136 valence electrons. The van der Waals surface area contributed by atoms with Gasteiger partial charge in [0.1, 0.15) is 0 Å². The molecule has 1 amide bonds. The highest BCUT2D eigenvalue weighted by Crippen LogP contribution is 2.21. The van der Waals surface area contributed by atoms with Crippen LogP contribution in [0.15, 0.2) is 48.5 Å². The summed E-state index contributed by atoms with van der Waals surface area (Å²) in [6.45, 7) is 3.84. The maximum atomic E-state index is 12.2. The Bertz CT molecular complexity index is 748. The predicted octanol–water partition coefficient (Wildman–Crippen LogP) is 3.01. The summed E-state index contributed by atoms with van der Waals surface area (Å²) in [4.78, 5) is 23.9. The van der Waals surface area contributed by atoms with Gasteiger partial charge < -0.3 is 15.4 Å². The van der Waals surface area contributed by atoms with E-state index in [4.69, 9.17) is 4.74 Å². The first-order valence-electron chi connectivity index (χ1n) is 9.06. The van der Waals surface area contributed by atoms with Gasteiger partial charge in [-0.1, -0.05) is 24.3 Å². The van der Waals surface area contributed by atoms with E-state index >= 15 is 0 Å². The molecule has 0 radical (unpaired) electrons. The molecule has 1 saturated heterocycles. The van der Waals surface area contributed by atoms with Crippen molar-refractivity contribution >= 4 is 11.9 Å². The van der Waals surface area contributed by atoms with Crippen molar-refractivity contribution in [1.82, 2.24) is 10.6 Å². The lowest BCUT2D eigenvalue weighted by Crippen LogP contribution is -2.37. The Morgan fingerprint density at radius 1 is 1.04 bits per heavy atom. The van der Waals surface area contributed by atoms with Gasteiger partial charge in [-0.3, -0.25) is 4.79 Å². The minimum atomic E-state index is -0.317. The molecule has 1 heterocycles. The Morgan fingerprint density at radius 2 is 1.65 bits per heavy atom. The van der Waals surface area contributed by atoms with Crippen LogP contribution in [0.2, 0.25) is 0 Å². The molecular formula is C21H24N2O3. The largest absolute Gasteiger partial charge is 0.462 e. The zero-order valence-electron chi connectivity index (χ0n) is 15.0.